The molecule has 2 aromatic rings. The van der Waals surface area contributed by atoms with Gasteiger partial charge in [-0.1, -0.05) is 15.9 Å². The predicted molar refractivity (Wildman–Crippen MR) is 95.4 cm³/mol. The number of rotatable bonds is 2. The fourth-order valence-corrected chi connectivity index (χ4v) is 3.18. The van der Waals surface area contributed by atoms with Gasteiger partial charge in [0.25, 0.3) is 5.56 Å². The number of halogens is 1. The summed E-state index contributed by atoms with van der Waals surface area (Å²) in [5.74, 6) is 0.716. The predicted octanol–water partition coefficient (Wildman–Crippen LogP) is 2.88. The standard InChI is InChI=1S/C17H12BrN3O3/c1-24-11-5-2-9(3-6-11)14-15-16(22)20-17(23)21(15)13-8-10(18)4-7-12(13)19-14/h2-8,19H,1H3,(H,20,22,23). The van der Waals surface area contributed by atoms with Crippen LogP contribution in [-0.4, -0.2) is 21.6 Å². The van der Waals surface area contributed by atoms with Crippen LogP contribution in [-0.2, 0) is 0 Å². The molecule has 2 N–H and O–H groups in total. The minimum atomic E-state index is -0.457. The molecule has 0 atom stereocenters. The van der Waals surface area contributed by atoms with Gasteiger partial charge in [0, 0.05) is 10.0 Å². The van der Waals surface area contributed by atoms with Gasteiger partial charge in [-0.05, 0) is 42.5 Å². The summed E-state index contributed by atoms with van der Waals surface area (Å²) in [4.78, 5) is 30.2. The average molecular weight is 386 g/mol. The molecule has 0 aliphatic carbocycles. The van der Waals surface area contributed by atoms with E-state index >= 15 is 0 Å². The normalized spacial score (nSPS) is 11.2. The Kier molecular flexibility index (Phi) is 3.31. The third kappa shape index (κ3) is 2.16. The number of hydrogen-bond acceptors (Lipinski definition) is 3. The molecule has 2 aliphatic rings. The topological polar surface area (TPSA) is 79.9 Å². The lowest BCUT2D eigenvalue weighted by Gasteiger charge is -2.14. The fourth-order valence-electron chi connectivity index (χ4n) is 2.83. The van der Waals surface area contributed by atoms with Crippen LogP contribution in [0, 0.1) is 0 Å². The Hall–Kier alpha value is -2.80. The molecule has 0 aromatic heterocycles. The van der Waals surface area contributed by atoms with Crippen molar-refractivity contribution < 1.29 is 4.74 Å². The molecule has 6 nitrogen and oxygen atoms in total. The Morgan fingerprint density at radius 2 is 1.79 bits per heavy atom. The highest BCUT2D eigenvalue weighted by Gasteiger charge is 2.21. The lowest BCUT2D eigenvalue weighted by molar-refractivity contribution is 0.415. The smallest absolute Gasteiger partial charge is 0.333 e. The quantitative estimate of drug-likeness (QED) is 0.556. The van der Waals surface area contributed by atoms with Crippen LogP contribution in [0.25, 0.3) is 28.0 Å². The van der Waals surface area contributed by atoms with Crippen molar-refractivity contribution in [2.75, 3.05) is 7.11 Å². The lowest BCUT2D eigenvalue weighted by Crippen LogP contribution is -2.16. The first-order chi connectivity index (χ1) is 11.6. The van der Waals surface area contributed by atoms with Crippen molar-refractivity contribution in [3.8, 4) is 22.7 Å². The highest BCUT2D eigenvalue weighted by atomic mass is 79.9. The Morgan fingerprint density at radius 3 is 2.50 bits per heavy atom. The molecule has 0 bridgehead atoms. The molecular weight excluding hydrogens is 374 g/mol. The van der Waals surface area contributed by atoms with Crippen molar-refractivity contribution in [1.29, 1.82) is 0 Å². The number of imidazole rings is 1. The van der Waals surface area contributed by atoms with Gasteiger partial charge in [0.2, 0.25) is 0 Å². The zero-order valence-corrected chi connectivity index (χ0v) is 14.2. The molecule has 2 aromatic carbocycles. The van der Waals surface area contributed by atoms with Crippen LogP contribution in [0.3, 0.4) is 0 Å². The number of fused-ring (bicyclic) bond motifs is 3. The molecule has 0 amide bonds. The molecule has 7 heteroatoms. The first kappa shape index (κ1) is 14.8. The molecule has 0 spiro atoms. The van der Waals surface area contributed by atoms with Gasteiger partial charge in [-0.3, -0.25) is 14.3 Å². The fraction of sp³-hybridized carbons (Fsp3) is 0.0588. The number of nitrogens with zero attached hydrogens (tertiary/aromatic N) is 1. The number of aromatic amines is 2. The van der Waals surface area contributed by atoms with E-state index in [1.165, 1.54) is 4.57 Å². The van der Waals surface area contributed by atoms with Crippen molar-refractivity contribution in [3.63, 3.8) is 0 Å². The van der Waals surface area contributed by atoms with Crippen LogP contribution in [0.5, 0.6) is 5.75 Å². The van der Waals surface area contributed by atoms with Gasteiger partial charge in [-0.2, -0.15) is 0 Å². The van der Waals surface area contributed by atoms with Gasteiger partial charge in [0.05, 0.1) is 23.8 Å². The van der Waals surface area contributed by atoms with E-state index < -0.39 is 11.2 Å². The van der Waals surface area contributed by atoms with Crippen LogP contribution >= 0.6 is 15.9 Å². The summed E-state index contributed by atoms with van der Waals surface area (Å²) in [6.07, 6.45) is 0. The second kappa shape index (κ2) is 5.38. The minimum absolute atomic E-state index is 0.288. The van der Waals surface area contributed by atoms with Gasteiger partial charge in [0.1, 0.15) is 11.4 Å². The van der Waals surface area contributed by atoms with Crippen molar-refractivity contribution in [1.82, 2.24) is 14.5 Å². The molecule has 0 unspecified atom stereocenters. The summed E-state index contributed by atoms with van der Waals surface area (Å²) in [5.41, 5.74) is 2.14. The van der Waals surface area contributed by atoms with Crippen LogP contribution in [0.2, 0.25) is 0 Å². The molecule has 0 fully saturated rings. The van der Waals surface area contributed by atoms with Crippen molar-refractivity contribution in [3.05, 3.63) is 67.8 Å². The number of ether oxygens (including phenoxy) is 1. The van der Waals surface area contributed by atoms with E-state index in [4.69, 9.17) is 4.74 Å². The first-order valence-corrected chi connectivity index (χ1v) is 7.98. The van der Waals surface area contributed by atoms with Crippen LogP contribution in [0.1, 0.15) is 0 Å². The van der Waals surface area contributed by atoms with Crippen molar-refractivity contribution in [2.45, 2.75) is 0 Å². The molecule has 2 aliphatic heterocycles. The second-order valence-electron chi connectivity index (χ2n) is 5.33. The highest BCUT2D eigenvalue weighted by Crippen LogP contribution is 2.29. The molecular formula is C17H12BrN3O3. The summed E-state index contributed by atoms with van der Waals surface area (Å²) < 4.78 is 7.39. The van der Waals surface area contributed by atoms with Gasteiger partial charge in [0.15, 0.2) is 0 Å². The molecule has 0 saturated heterocycles. The number of methoxy groups -OCH3 is 1. The summed E-state index contributed by atoms with van der Waals surface area (Å²) in [6.45, 7) is 0. The Morgan fingerprint density at radius 1 is 1.04 bits per heavy atom. The highest BCUT2D eigenvalue weighted by molar-refractivity contribution is 9.10. The van der Waals surface area contributed by atoms with Crippen LogP contribution in [0.4, 0.5) is 0 Å². The summed E-state index contributed by atoms with van der Waals surface area (Å²) >= 11 is 3.40. The van der Waals surface area contributed by atoms with Gasteiger partial charge in [-0.25, -0.2) is 4.79 Å². The Balaban J connectivity index is 2.11. The maximum atomic E-state index is 12.3. The maximum absolute atomic E-state index is 12.3. The van der Waals surface area contributed by atoms with E-state index in [9.17, 15) is 9.59 Å². The van der Waals surface area contributed by atoms with E-state index in [1.807, 2.05) is 24.3 Å². The van der Waals surface area contributed by atoms with Crippen LogP contribution in [0.15, 0.2) is 56.5 Å². The molecule has 4 rings (SSSR count). The molecule has 2 heterocycles. The minimum Gasteiger partial charge on any atom is -0.497 e. The average Bonchev–Trinajstić information content (AvgIpc) is 2.89. The SMILES string of the molecule is COc1ccc(-c2[nH]c3ccc(Br)cc3n3c(=O)[nH]c(=O)c2-3)cc1. The Labute approximate surface area is 144 Å². The number of aromatic nitrogens is 3. The summed E-state index contributed by atoms with van der Waals surface area (Å²) in [6, 6.07) is 12.8. The second-order valence-corrected chi connectivity index (χ2v) is 6.25. The van der Waals surface area contributed by atoms with E-state index in [1.54, 1.807) is 25.3 Å². The summed E-state index contributed by atoms with van der Waals surface area (Å²) in [5, 5.41) is 0. The number of H-pyrrole nitrogens is 2. The maximum Gasteiger partial charge on any atom is 0.333 e. The zero-order valence-electron chi connectivity index (χ0n) is 12.6. The molecule has 0 saturated carbocycles. The third-order valence-electron chi connectivity index (χ3n) is 3.94. The van der Waals surface area contributed by atoms with Gasteiger partial charge < -0.3 is 9.72 Å². The lowest BCUT2D eigenvalue weighted by atomic mass is 10.1. The van der Waals surface area contributed by atoms with E-state index in [0.717, 1.165) is 15.6 Å². The van der Waals surface area contributed by atoms with Crippen molar-refractivity contribution >= 4 is 27.0 Å². The molecule has 24 heavy (non-hydrogen) atoms. The Bertz CT molecular complexity index is 1140. The number of benzene rings is 2. The van der Waals surface area contributed by atoms with Crippen LogP contribution < -0.4 is 16.0 Å². The summed E-state index contributed by atoms with van der Waals surface area (Å²) in [7, 11) is 1.59. The number of hydrogen-bond donors (Lipinski definition) is 2. The van der Waals surface area contributed by atoms with E-state index in [2.05, 4.69) is 25.9 Å². The van der Waals surface area contributed by atoms with Crippen molar-refractivity contribution in [2.24, 2.45) is 0 Å². The van der Waals surface area contributed by atoms with Gasteiger partial charge >= 0.3 is 5.69 Å². The third-order valence-corrected chi connectivity index (χ3v) is 4.43. The zero-order chi connectivity index (χ0) is 16.8. The monoisotopic (exact) mass is 385 g/mol. The first-order valence-electron chi connectivity index (χ1n) is 7.19. The van der Waals surface area contributed by atoms with E-state index in [0.29, 0.717) is 17.0 Å². The largest absolute Gasteiger partial charge is 0.497 e. The van der Waals surface area contributed by atoms with E-state index in [-0.39, 0.29) is 5.69 Å². The molecule has 120 valence electrons. The van der Waals surface area contributed by atoms with Gasteiger partial charge in [-0.15, -0.1) is 0 Å². The number of nitrogens with one attached hydrogen (secondary N) is 2. The molecule has 0 radical (unpaired) electrons.